The van der Waals surface area contributed by atoms with Gasteiger partial charge in [0.25, 0.3) is 0 Å². The van der Waals surface area contributed by atoms with Crippen LogP contribution in [-0.2, 0) is 11.2 Å². The first-order valence-corrected chi connectivity index (χ1v) is 5.77. The van der Waals surface area contributed by atoms with Crippen molar-refractivity contribution in [1.29, 1.82) is 0 Å². The van der Waals surface area contributed by atoms with Crippen LogP contribution >= 0.6 is 11.8 Å². The molecule has 3 nitrogen and oxygen atoms in total. The topological polar surface area (TPSA) is 63.3 Å². The van der Waals surface area contributed by atoms with Crippen LogP contribution in [-0.4, -0.2) is 22.4 Å². The van der Waals surface area contributed by atoms with Crippen molar-refractivity contribution in [2.24, 2.45) is 5.73 Å². The minimum absolute atomic E-state index is 0.313. The maximum Gasteiger partial charge on any atom is 0.320 e. The van der Waals surface area contributed by atoms with Crippen LogP contribution in [0.3, 0.4) is 0 Å². The highest BCUT2D eigenvalue weighted by Crippen LogP contribution is 2.38. The Labute approximate surface area is 92.7 Å². The maximum absolute atomic E-state index is 10.6. The van der Waals surface area contributed by atoms with Gasteiger partial charge >= 0.3 is 5.97 Å². The maximum atomic E-state index is 10.6. The molecule has 0 spiro atoms. The zero-order valence-electron chi connectivity index (χ0n) is 8.22. The summed E-state index contributed by atoms with van der Waals surface area (Å²) in [5.74, 6) is -0.911. The molecule has 2 atom stereocenters. The summed E-state index contributed by atoms with van der Waals surface area (Å²) in [5, 5.41) is 9.04. The molecule has 0 aromatic heterocycles. The Morgan fingerprint density at radius 2 is 2.33 bits per heavy atom. The molecule has 1 aliphatic heterocycles. The molecule has 0 radical (unpaired) electrons. The Bertz CT molecular complexity index is 356. The number of hydrogen-bond acceptors (Lipinski definition) is 3. The number of nitrogens with two attached hydrogens (primary N) is 1. The number of benzene rings is 1. The lowest BCUT2D eigenvalue weighted by Gasteiger charge is -2.11. The lowest BCUT2D eigenvalue weighted by atomic mass is 10.1. The summed E-state index contributed by atoms with van der Waals surface area (Å²) in [7, 11) is 0. The zero-order chi connectivity index (χ0) is 10.8. The minimum atomic E-state index is -0.911. The molecule has 1 aromatic rings. The van der Waals surface area contributed by atoms with Crippen LogP contribution in [0.2, 0.25) is 0 Å². The third-order valence-electron chi connectivity index (χ3n) is 2.55. The number of thioether (sulfide) groups is 1. The van der Waals surface area contributed by atoms with Crippen LogP contribution in [0.15, 0.2) is 29.2 Å². The Balaban J connectivity index is 1.99. The van der Waals surface area contributed by atoms with Gasteiger partial charge in [-0.2, -0.15) is 0 Å². The summed E-state index contributed by atoms with van der Waals surface area (Å²) in [4.78, 5) is 11.9. The summed E-state index contributed by atoms with van der Waals surface area (Å²) in [6.45, 7) is 0. The summed E-state index contributed by atoms with van der Waals surface area (Å²) in [6.07, 6.45) is 1.47. The van der Waals surface area contributed by atoms with E-state index in [9.17, 15) is 4.79 Å². The third kappa shape index (κ3) is 2.33. The highest BCUT2D eigenvalue weighted by atomic mass is 32.2. The quantitative estimate of drug-likeness (QED) is 0.815. The molecule has 2 rings (SSSR count). The lowest BCUT2D eigenvalue weighted by molar-refractivity contribution is -0.138. The van der Waals surface area contributed by atoms with Gasteiger partial charge in [-0.1, -0.05) is 18.2 Å². The molecule has 3 N–H and O–H groups in total. The first-order valence-electron chi connectivity index (χ1n) is 4.90. The van der Waals surface area contributed by atoms with Crippen molar-refractivity contribution in [2.45, 2.75) is 29.0 Å². The summed E-state index contributed by atoms with van der Waals surface area (Å²) >= 11 is 1.74. The molecule has 1 aromatic carbocycles. The molecule has 0 fully saturated rings. The fraction of sp³-hybridized carbons (Fsp3) is 0.364. The van der Waals surface area contributed by atoms with E-state index < -0.39 is 12.0 Å². The number of carboxylic acid groups (broad SMARTS) is 1. The van der Waals surface area contributed by atoms with Gasteiger partial charge < -0.3 is 10.8 Å². The van der Waals surface area contributed by atoms with E-state index in [1.54, 1.807) is 11.8 Å². The zero-order valence-corrected chi connectivity index (χ0v) is 9.04. The molecule has 0 saturated heterocycles. The van der Waals surface area contributed by atoms with Gasteiger partial charge in [-0.3, -0.25) is 4.79 Å². The predicted octanol–water partition coefficient (Wildman–Crippen LogP) is 1.51. The molecular weight excluding hydrogens is 210 g/mol. The largest absolute Gasteiger partial charge is 0.480 e. The Morgan fingerprint density at radius 1 is 1.60 bits per heavy atom. The molecule has 80 valence electrons. The van der Waals surface area contributed by atoms with Crippen molar-refractivity contribution in [3.05, 3.63) is 29.8 Å². The SMILES string of the molecule is N[C@H](CC1Cc2ccccc2S1)C(=O)O. The molecule has 0 saturated carbocycles. The highest BCUT2D eigenvalue weighted by Gasteiger charge is 2.25. The first kappa shape index (κ1) is 10.5. The fourth-order valence-corrected chi connectivity index (χ4v) is 3.15. The van der Waals surface area contributed by atoms with Crippen molar-refractivity contribution < 1.29 is 9.90 Å². The second kappa shape index (κ2) is 4.24. The number of rotatable bonds is 3. The van der Waals surface area contributed by atoms with Crippen LogP contribution in [0.25, 0.3) is 0 Å². The van der Waals surface area contributed by atoms with Gasteiger partial charge in [-0.15, -0.1) is 11.8 Å². The minimum Gasteiger partial charge on any atom is -0.480 e. The van der Waals surface area contributed by atoms with E-state index in [-0.39, 0.29) is 0 Å². The van der Waals surface area contributed by atoms with Crippen LogP contribution in [0.5, 0.6) is 0 Å². The number of carboxylic acids is 1. The molecule has 1 heterocycles. The Morgan fingerprint density at radius 3 is 3.00 bits per heavy atom. The van der Waals surface area contributed by atoms with E-state index in [2.05, 4.69) is 12.1 Å². The molecule has 1 aliphatic rings. The standard InChI is InChI=1S/C11H13NO2S/c12-9(11(13)14)6-8-5-7-3-1-2-4-10(7)15-8/h1-4,8-9H,5-6,12H2,(H,13,14)/t8?,9-/m1/s1. The van der Waals surface area contributed by atoms with Gasteiger partial charge in [0.2, 0.25) is 0 Å². The van der Waals surface area contributed by atoms with Crippen molar-refractivity contribution in [3.8, 4) is 0 Å². The average molecular weight is 223 g/mol. The van der Waals surface area contributed by atoms with Crippen LogP contribution in [0.4, 0.5) is 0 Å². The van der Waals surface area contributed by atoms with Crippen molar-refractivity contribution in [3.63, 3.8) is 0 Å². The molecular formula is C11H13NO2S. The van der Waals surface area contributed by atoms with Gasteiger partial charge in [0.15, 0.2) is 0 Å². The Hall–Kier alpha value is -1.00. The van der Waals surface area contributed by atoms with Gasteiger partial charge in [0.05, 0.1) is 0 Å². The molecule has 1 unspecified atom stereocenters. The van der Waals surface area contributed by atoms with E-state index in [0.717, 1.165) is 6.42 Å². The molecule has 0 amide bonds. The molecule has 4 heteroatoms. The molecule has 0 bridgehead atoms. The van der Waals surface area contributed by atoms with Crippen molar-refractivity contribution in [1.82, 2.24) is 0 Å². The number of hydrogen-bond donors (Lipinski definition) is 2. The molecule has 15 heavy (non-hydrogen) atoms. The van der Waals surface area contributed by atoms with Crippen LogP contribution < -0.4 is 5.73 Å². The normalized spacial score (nSPS) is 21.0. The van der Waals surface area contributed by atoms with Gasteiger partial charge in [-0.05, 0) is 24.5 Å². The van der Waals surface area contributed by atoms with E-state index >= 15 is 0 Å². The van der Waals surface area contributed by atoms with Crippen molar-refractivity contribution in [2.75, 3.05) is 0 Å². The fourth-order valence-electron chi connectivity index (χ4n) is 1.77. The van der Waals surface area contributed by atoms with E-state index in [0.29, 0.717) is 11.7 Å². The highest BCUT2D eigenvalue weighted by molar-refractivity contribution is 8.00. The van der Waals surface area contributed by atoms with Crippen molar-refractivity contribution >= 4 is 17.7 Å². The van der Waals surface area contributed by atoms with E-state index in [4.69, 9.17) is 10.8 Å². The second-order valence-electron chi connectivity index (χ2n) is 3.73. The van der Waals surface area contributed by atoms with E-state index in [1.807, 2.05) is 12.1 Å². The van der Waals surface area contributed by atoms with Gasteiger partial charge in [0, 0.05) is 10.1 Å². The first-order chi connectivity index (χ1) is 7.16. The van der Waals surface area contributed by atoms with E-state index in [1.165, 1.54) is 10.5 Å². The number of carbonyl (C=O) groups is 1. The smallest absolute Gasteiger partial charge is 0.320 e. The average Bonchev–Trinajstić information content (AvgIpc) is 2.59. The number of fused-ring (bicyclic) bond motifs is 1. The van der Waals surface area contributed by atoms with Gasteiger partial charge in [0.1, 0.15) is 6.04 Å². The second-order valence-corrected chi connectivity index (χ2v) is 5.07. The summed E-state index contributed by atoms with van der Waals surface area (Å²) in [6, 6.07) is 7.45. The third-order valence-corrected chi connectivity index (χ3v) is 3.89. The summed E-state index contributed by atoms with van der Waals surface area (Å²) < 4.78 is 0. The summed E-state index contributed by atoms with van der Waals surface area (Å²) in [5.41, 5.74) is 6.83. The monoisotopic (exact) mass is 223 g/mol. The van der Waals surface area contributed by atoms with Crippen LogP contribution in [0, 0.1) is 0 Å². The van der Waals surface area contributed by atoms with Gasteiger partial charge in [-0.25, -0.2) is 0 Å². The lowest BCUT2D eigenvalue weighted by Crippen LogP contribution is -2.33. The predicted molar refractivity (Wildman–Crippen MR) is 60.0 cm³/mol. The molecule has 0 aliphatic carbocycles. The van der Waals surface area contributed by atoms with Crippen LogP contribution in [0.1, 0.15) is 12.0 Å². The Kier molecular flexibility index (Phi) is 2.98. The number of aliphatic carboxylic acids is 1.